The van der Waals surface area contributed by atoms with Crippen molar-refractivity contribution in [2.45, 2.75) is 6.92 Å². The van der Waals surface area contributed by atoms with Gasteiger partial charge in [0.1, 0.15) is 0 Å². The highest BCUT2D eigenvalue weighted by atomic mass is 14.7. The average Bonchev–Trinajstić information content (AvgIpc) is 2.29. The molecule has 0 radical (unpaired) electrons. The number of nitrogens with zero attached hydrogens (tertiary/aromatic N) is 2. The van der Waals surface area contributed by atoms with Crippen LogP contribution in [0.4, 0.5) is 0 Å². The third kappa shape index (κ3) is 2.03. The highest BCUT2D eigenvalue weighted by molar-refractivity contribution is 5.60. The zero-order valence-corrected chi connectivity index (χ0v) is 8.44. The van der Waals surface area contributed by atoms with Crippen molar-refractivity contribution in [1.82, 2.24) is 4.98 Å². The first kappa shape index (κ1) is 9.42. The molecular weight excluding hydrogens is 184 g/mol. The maximum atomic E-state index is 8.68. The van der Waals surface area contributed by atoms with E-state index in [4.69, 9.17) is 5.26 Å². The van der Waals surface area contributed by atoms with Crippen molar-refractivity contribution < 1.29 is 0 Å². The molecule has 1 aromatic carbocycles. The summed E-state index contributed by atoms with van der Waals surface area (Å²) in [7, 11) is 0. The quantitative estimate of drug-likeness (QED) is 0.699. The first-order chi connectivity index (χ1) is 7.29. The van der Waals surface area contributed by atoms with Gasteiger partial charge in [-0.1, -0.05) is 12.1 Å². The van der Waals surface area contributed by atoms with Crippen molar-refractivity contribution >= 4 is 0 Å². The van der Waals surface area contributed by atoms with Crippen LogP contribution >= 0.6 is 0 Å². The molecule has 1 aromatic heterocycles. The van der Waals surface area contributed by atoms with Crippen LogP contribution < -0.4 is 0 Å². The maximum absolute atomic E-state index is 8.68. The smallest absolute Gasteiger partial charge is 0.0991 e. The number of aromatic nitrogens is 1. The van der Waals surface area contributed by atoms with Gasteiger partial charge in [0.2, 0.25) is 0 Å². The van der Waals surface area contributed by atoms with Gasteiger partial charge in [0.15, 0.2) is 0 Å². The summed E-state index contributed by atoms with van der Waals surface area (Å²) >= 11 is 0. The Morgan fingerprint density at radius 3 is 2.47 bits per heavy atom. The van der Waals surface area contributed by atoms with E-state index in [1.165, 1.54) is 5.56 Å². The van der Waals surface area contributed by atoms with Crippen molar-refractivity contribution in [3.05, 3.63) is 53.7 Å². The van der Waals surface area contributed by atoms with Crippen LogP contribution in [0.2, 0.25) is 0 Å². The Kier molecular flexibility index (Phi) is 2.47. The summed E-state index contributed by atoms with van der Waals surface area (Å²) in [5.74, 6) is 0. The number of rotatable bonds is 1. The standard InChI is InChI=1S/C13H10N2/c1-10-6-7-15-13(8-10)12-4-2-11(9-14)3-5-12/h2-8H,1H3. The van der Waals surface area contributed by atoms with E-state index in [1.54, 1.807) is 18.3 Å². The molecule has 0 saturated carbocycles. The Hall–Kier alpha value is -2.14. The van der Waals surface area contributed by atoms with E-state index in [9.17, 15) is 0 Å². The molecule has 0 aliphatic rings. The molecule has 0 bridgehead atoms. The van der Waals surface area contributed by atoms with Crippen LogP contribution in [-0.2, 0) is 0 Å². The lowest BCUT2D eigenvalue weighted by molar-refractivity contribution is 1.28. The fourth-order valence-electron chi connectivity index (χ4n) is 1.41. The van der Waals surface area contributed by atoms with E-state index in [0.717, 1.165) is 11.3 Å². The SMILES string of the molecule is Cc1ccnc(-c2ccc(C#N)cc2)c1. The van der Waals surface area contributed by atoms with E-state index in [2.05, 4.69) is 11.1 Å². The highest BCUT2D eigenvalue weighted by Gasteiger charge is 1.98. The second kappa shape index (κ2) is 3.93. The Bertz CT molecular complexity index is 507. The average molecular weight is 194 g/mol. The predicted octanol–water partition coefficient (Wildman–Crippen LogP) is 2.93. The van der Waals surface area contributed by atoms with Crippen LogP contribution in [0.25, 0.3) is 11.3 Å². The molecule has 72 valence electrons. The highest BCUT2D eigenvalue weighted by Crippen LogP contribution is 2.17. The van der Waals surface area contributed by atoms with E-state index < -0.39 is 0 Å². The zero-order valence-electron chi connectivity index (χ0n) is 8.44. The molecular formula is C13H10N2. The molecule has 0 amide bonds. The van der Waals surface area contributed by atoms with E-state index >= 15 is 0 Å². The molecule has 2 aromatic rings. The number of hydrogen-bond acceptors (Lipinski definition) is 2. The van der Waals surface area contributed by atoms with Gasteiger partial charge in [-0.2, -0.15) is 5.26 Å². The predicted molar refractivity (Wildman–Crippen MR) is 59.1 cm³/mol. The number of pyridine rings is 1. The van der Waals surface area contributed by atoms with Crippen LogP contribution in [0.1, 0.15) is 11.1 Å². The van der Waals surface area contributed by atoms with Gasteiger partial charge in [0, 0.05) is 11.8 Å². The topological polar surface area (TPSA) is 36.7 Å². The largest absolute Gasteiger partial charge is 0.256 e. The normalized spacial score (nSPS) is 9.60. The summed E-state index contributed by atoms with van der Waals surface area (Å²) in [6.45, 7) is 2.04. The monoisotopic (exact) mass is 194 g/mol. The Morgan fingerprint density at radius 2 is 1.87 bits per heavy atom. The summed E-state index contributed by atoms with van der Waals surface area (Å²) in [5.41, 5.74) is 3.84. The van der Waals surface area contributed by atoms with E-state index in [1.807, 2.05) is 31.2 Å². The fourth-order valence-corrected chi connectivity index (χ4v) is 1.41. The minimum atomic E-state index is 0.673. The van der Waals surface area contributed by atoms with Crippen molar-refractivity contribution in [2.75, 3.05) is 0 Å². The van der Waals surface area contributed by atoms with Crippen molar-refractivity contribution in [2.24, 2.45) is 0 Å². The van der Waals surface area contributed by atoms with E-state index in [-0.39, 0.29) is 0 Å². The molecule has 0 unspecified atom stereocenters. The Balaban J connectivity index is 2.42. The second-order valence-corrected chi connectivity index (χ2v) is 3.41. The molecule has 2 rings (SSSR count). The van der Waals surface area contributed by atoms with Gasteiger partial charge in [-0.15, -0.1) is 0 Å². The van der Waals surface area contributed by atoms with Crippen LogP contribution in [0.15, 0.2) is 42.6 Å². The summed E-state index contributed by atoms with van der Waals surface area (Å²) in [5, 5.41) is 8.68. The molecule has 0 N–H and O–H groups in total. The van der Waals surface area contributed by atoms with Gasteiger partial charge < -0.3 is 0 Å². The van der Waals surface area contributed by atoms with Gasteiger partial charge in [0.25, 0.3) is 0 Å². The first-order valence-electron chi connectivity index (χ1n) is 4.73. The second-order valence-electron chi connectivity index (χ2n) is 3.41. The van der Waals surface area contributed by atoms with Crippen molar-refractivity contribution in [1.29, 1.82) is 5.26 Å². The fraction of sp³-hybridized carbons (Fsp3) is 0.0769. The van der Waals surface area contributed by atoms with Crippen LogP contribution in [0.5, 0.6) is 0 Å². The molecule has 0 fully saturated rings. The molecule has 2 nitrogen and oxygen atoms in total. The van der Waals surface area contributed by atoms with Gasteiger partial charge in [-0.25, -0.2) is 0 Å². The molecule has 0 spiro atoms. The van der Waals surface area contributed by atoms with Crippen LogP contribution in [-0.4, -0.2) is 4.98 Å². The lowest BCUT2D eigenvalue weighted by Gasteiger charge is -2.01. The number of benzene rings is 1. The van der Waals surface area contributed by atoms with Gasteiger partial charge >= 0.3 is 0 Å². The zero-order chi connectivity index (χ0) is 10.7. The maximum Gasteiger partial charge on any atom is 0.0991 e. The summed E-state index contributed by atoms with van der Waals surface area (Å²) in [4.78, 5) is 4.28. The molecule has 15 heavy (non-hydrogen) atoms. The number of aryl methyl sites for hydroxylation is 1. The minimum absolute atomic E-state index is 0.673. The Morgan fingerprint density at radius 1 is 1.13 bits per heavy atom. The summed E-state index contributed by atoms with van der Waals surface area (Å²) in [6.07, 6.45) is 1.79. The van der Waals surface area contributed by atoms with E-state index in [0.29, 0.717) is 5.56 Å². The molecule has 0 atom stereocenters. The molecule has 0 aliphatic heterocycles. The first-order valence-corrected chi connectivity index (χ1v) is 4.73. The van der Waals surface area contributed by atoms with Gasteiger partial charge in [0.05, 0.1) is 17.3 Å². The van der Waals surface area contributed by atoms with Gasteiger partial charge in [-0.05, 0) is 36.8 Å². The summed E-state index contributed by atoms with van der Waals surface area (Å²) < 4.78 is 0. The van der Waals surface area contributed by atoms with Crippen LogP contribution in [0.3, 0.4) is 0 Å². The lowest BCUT2D eigenvalue weighted by Crippen LogP contribution is -1.84. The van der Waals surface area contributed by atoms with Gasteiger partial charge in [-0.3, -0.25) is 4.98 Å². The Labute approximate surface area is 88.8 Å². The van der Waals surface area contributed by atoms with Crippen LogP contribution in [0, 0.1) is 18.3 Å². The molecule has 0 saturated heterocycles. The third-order valence-electron chi connectivity index (χ3n) is 2.23. The number of hydrogen-bond donors (Lipinski definition) is 0. The lowest BCUT2D eigenvalue weighted by atomic mass is 10.1. The minimum Gasteiger partial charge on any atom is -0.256 e. The van der Waals surface area contributed by atoms with Crippen molar-refractivity contribution in [3.63, 3.8) is 0 Å². The molecule has 1 heterocycles. The molecule has 2 heteroatoms. The number of nitriles is 1. The van der Waals surface area contributed by atoms with Crippen molar-refractivity contribution in [3.8, 4) is 17.3 Å². The summed E-state index contributed by atoms with van der Waals surface area (Å²) in [6, 6.07) is 13.5. The third-order valence-corrected chi connectivity index (χ3v) is 2.23. The molecule has 0 aliphatic carbocycles.